The molecule has 1 aliphatic heterocycles. The van der Waals surface area contributed by atoms with E-state index in [1.54, 1.807) is 0 Å². The minimum atomic E-state index is 0.0203. The molecule has 0 aromatic carbocycles. The Morgan fingerprint density at radius 1 is 1.79 bits per heavy atom. The van der Waals surface area contributed by atoms with E-state index in [1.807, 2.05) is 0 Å². The van der Waals surface area contributed by atoms with Gasteiger partial charge in [-0.25, -0.2) is 0 Å². The van der Waals surface area contributed by atoms with Crippen molar-refractivity contribution in [1.29, 1.82) is 0 Å². The molecule has 0 aromatic rings. The SMILES string of the molecule is CC(=O)NC1CCN(CCN=[N+]=[N-])C1. The fourth-order valence-corrected chi connectivity index (χ4v) is 1.67. The molecule has 1 saturated heterocycles. The van der Waals surface area contributed by atoms with E-state index in [2.05, 4.69) is 20.2 Å². The largest absolute Gasteiger partial charge is 0.352 e. The Labute approximate surface area is 82.9 Å². The van der Waals surface area contributed by atoms with Gasteiger partial charge in [-0.15, -0.1) is 0 Å². The van der Waals surface area contributed by atoms with Crippen LogP contribution in [-0.2, 0) is 4.79 Å². The Hall–Kier alpha value is -1.26. The van der Waals surface area contributed by atoms with E-state index in [-0.39, 0.29) is 11.9 Å². The van der Waals surface area contributed by atoms with E-state index < -0.39 is 0 Å². The molecule has 1 unspecified atom stereocenters. The number of nitrogens with one attached hydrogen (secondary N) is 1. The first-order chi connectivity index (χ1) is 6.72. The zero-order chi connectivity index (χ0) is 10.4. The molecule has 0 bridgehead atoms. The van der Waals surface area contributed by atoms with Crippen LogP contribution in [-0.4, -0.2) is 43.0 Å². The van der Waals surface area contributed by atoms with Crippen molar-refractivity contribution in [1.82, 2.24) is 10.2 Å². The molecule has 0 radical (unpaired) electrons. The van der Waals surface area contributed by atoms with Crippen LogP contribution in [0, 0.1) is 0 Å². The molecule has 1 rings (SSSR count). The molecule has 78 valence electrons. The Morgan fingerprint density at radius 2 is 2.57 bits per heavy atom. The summed E-state index contributed by atoms with van der Waals surface area (Å²) in [5, 5.41) is 6.35. The van der Waals surface area contributed by atoms with Gasteiger partial charge in [0.1, 0.15) is 0 Å². The fraction of sp³-hybridized carbons (Fsp3) is 0.875. The molecule has 0 saturated carbocycles. The lowest BCUT2D eigenvalue weighted by Crippen LogP contribution is -2.36. The first-order valence-electron chi connectivity index (χ1n) is 4.72. The Balaban J connectivity index is 2.20. The quantitative estimate of drug-likeness (QED) is 0.404. The first kappa shape index (κ1) is 10.8. The van der Waals surface area contributed by atoms with Gasteiger partial charge in [-0.05, 0) is 12.0 Å². The van der Waals surface area contributed by atoms with Crippen molar-refractivity contribution < 1.29 is 4.79 Å². The second-order valence-electron chi connectivity index (χ2n) is 3.44. The Bertz CT molecular complexity index is 248. The third kappa shape index (κ3) is 3.64. The van der Waals surface area contributed by atoms with Crippen molar-refractivity contribution in [3.8, 4) is 0 Å². The Morgan fingerprint density at radius 3 is 3.21 bits per heavy atom. The monoisotopic (exact) mass is 197 g/mol. The maximum atomic E-state index is 10.8. The molecular formula is C8H15N5O. The number of nitrogens with zero attached hydrogens (tertiary/aromatic N) is 4. The van der Waals surface area contributed by atoms with Crippen molar-refractivity contribution in [3.05, 3.63) is 10.4 Å². The fourth-order valence-electron chi connectivity index (χ4n) is 1.67. The Kier molecular flexibility index (Phi) is 4.22. The van der Waals surface area contributed by atoms with Gasteiger partial charge in [0.2, 0.25) is 5.91 Å². The smallest absolute Gasteiger partial charge is 0.217 e. The highest BCUT2D eigenvalue weighted by molar-refractivity contribution is 5.73. The van der Waals surface area contributed by atoms with Crippen LogP contribution in [0.2, 0.25) is 0 Å². The summed E-state index contributed by atoms with van der Waals surface area (Å²) in [6.07, 6.45) is 0.982. The van der Waals surface area contributed by atoms with E-state index in [1.165, 1.54) is 6.92 Å². The number of hydrogen-bond acceptors (Lipinski definition) is 3. The molecule has 1 heterocycles. The van der Waals surface area contributed by atoms with Crippen molar-refractivity contribution in [2.75, 3.05) is 26.2 Å². The lowest BCUT2D eigenvalue weighted by Gasteiger charge is -2.14. The van der Waals surface area contributed by atoms with E-state index in [0.29, 0.717) is 6.54 Å². The second kappa shape index (κ2) is 5.47. The molecule has 0 spiro atoms. The molecule has 6 heteroatoms. The van der Waals surface area contributed by atoms with Crippen LogP contribution < -0.4 is 5.32 Å². The molecular weight excluding hydrogens is 182 g/mol. The third-order valence-electron chi connectivity index (χ3n) is 2.26. The zero-order valence-electron chi connectivity index (χ0n) is 8.31. The lowest BCUT2D eigenvalue weighted by molar-refractivity contribution is -0.119. The molecule has 1 amide bonds. The van der Waals surface area contributed by atoms with Crippen molar-refractivity contribution in [3.63, 3.8) is 0 Å². The van der Waals surface area contributed by atoms with Gasteiger partial charge < -0.3 is 10.2 Å². The summed E-state index contributed by atoms with van der Waals surface area (Å²) < 4.78 is 0. The minimum Gasteiger partial charge on any atom is -0.352 e. The predicted octanol–water partition coefficient (Wildman–Crippen LogP) is 0.507. The summed E-state index contributed by atoms with van der Waals surface area (Å²) >= 11 is 0. The summed E-state index contributed by atoms with van der Waals surface area (Å²) in [5.74, 6) is 0.0203. The zero-order valence-corrected chi connectivity index (χ0v) is 8.31. The molecule has 14 heavy (non-hydrogen) atoms. The van der Waals surface area contributed by atoms with Gasteiger partial charge in [0.05, 0.1) is 0 Å². The van der Waals surface area contributed by atoms with Gasteiger partial charge in [0.25, 0.3) is 0 Å². The van der Waals surface area contributed by atoms with Crippen molar-refractivity contribution in [2.24, 2.45) is 5.11 Å². The molecule has 1 N–H and O–H groups in total. The topological polar surface area (TPSA) is 81.1 Å². The number of hydrogen-bond donors (Lipinski definition) is 1. The average Bonchev–Trinajstić information content (AvgIpc) is 2.52. The van der Waals surface area contributed by atoms with Gasteiger partial charge in [0.15, 0.2) is 0 Å². The molecule has 1 atom stereocenters. The van der Waals surface area contributed by atoms with E-state index >= 15 is 0 Å². The summed E-state index contributed by atoms with van der Waals surface area (Å²) in [6, 6.07) is 0.263. The lowest BCUT2D eigenvalue weighted by atomic mass is 10.3. The number of carbonyl (C=O) groups is 1. The van der Waals surface area contributed by atoms with Gasteiger partial charge >= 0.3 is 0 Å². The summed E-state index contributed by atoms with van der Waals surface area (Å²) in [4.78, 5) is 15.7. The summed E-state index contributed by atoms with van der Waals surface area (Å²) in [7, 11) is 0. The van der Waals surface area contributed by atoms with Gasteiger partial charge in [-0.3, -0.25) is 4.79 Å². The van der Waals surface area contributed by atoms with Crippen LogP contribution in [0.5, 0.6) is 0 Å². The van der Waals surface area contributed by atoms with Crippen LogP contribution in [0.15, 0.2) is 5.11 Å². The van der Waals surface area contributed by atoms with Gasteiger partial charge in [0, 0.05) is 44.1 Å². The maximum absolute atomic E-state index is 10.8. The predicted molar refractivity (Wildman–Crippen MR) is 52.7 cm³/mol. The van der Waals surface area contributed by atoms with Gasteiger partial charge in [-0.1, -0.05) is 5.11 Å². The van der Waals surface area contributed by atoms with E-state index in [9.17, 15) is 4.79 Å². The van der Waals surface area contributed by atoms with Crippen LogP contribution in [0.3, 0.4) is 0 Å². The highest BCUT2D eigenvalue weighted by Crippen LogP contribution is 2.08. The number of carbonyl (C=O) groups excluding carboxylic acids is 1. The third-order valence-corrected chi connectivity index (χ3v) is 2.26. The molecule has 1 aliphatic rings. The first-order valence-corrected chi connectivity index (χ1v) is 4.72. The van der Waals surface area contributed by atoms with Crippen molar-refractivity contribution >= 4 is 5.91 Å². The van der Waals surface area contributed by atoms with Gasteiger partial charge in [-0.2, -0.15) is 0 Å². The highest BCUT2D eigenvalue weighted by atomic mass is 16.1. The number of azide groups is 1. The number of amides is 1. The molecule has 0 aromatic heterocycles. The van der Waals surface area contributed by atoms with E-state index in [4.69, 9.17) is 5.53 Å². The highest BCUT2D eigenvalue weighted by Gasteiger charge is 2.21. The molecule has 0 aliphatic carbocycles. The molecule has 6 nitrogen and oxygen atoms in total. The minimum absolute atomic E-state index is 0.0203. The number of rotatable bonds is 4. The normalized spacial score (nSPS) is 21.6. The van der Waals surface area contributed by atoms with Crippen molar-refractivity contribution in [2.45, 2.75) is 19.4 Å². The standard InChI is InChI=1S/C8H15N5O/c1-7(14)11-8-2-4-13(6-8)5-3-10-12-9/h8H,2-6H2,1H3,(H,11,14). The van der Waals surface area contributed by atoms with Crippen LogP contribution in [0.1, 0.15) is 13.3 Å². The summed E-state index contributed by atoms with van der Waals surface area (Å²) in [6.45, 7) is 4.64. The van der Waals surface area contributed by atoms with Crippen LogP contribution in [0.25, 0.3) is 10.4 Å². The van der Waals surface area contributed by atoms with E-state index in [0.717, 1.165) is 26.1 Å². The average molecular weight is 197 g/mol. The molecule has 1 fully saturated rings. The number of likely N-dealkylation sites (tertiary alicyclic amines) is 1. The van der Waals surface area contributed by atoms with Crippen LogP contribution >= 0.6 is 0 Å². The second-order valence-corrected chi connectivity index (χ2v) is 3.44. The van der Waals surface area contributed by atoms with Crippen LogP contribution in [0.4, 0.5) is 0 Å². The maximum Gasteiger partial charge on any atom is 0.217 e. The summed E-state index contributed by atoms with van der Waals surface area (Å²) in [5.41, 5.74) is 8.09.